The zero-order valence-corrected chi connectivity index (χ0v) is 18.3. The molecule has 0 aliphatic carbocycles. The van der Waals surface area contributed by atoms with E-state index in [2.05, 4.69) is 34.1 Å². The Morgan fingerprint density at radius 3 is 2.62 bits per heavy atom. The van der Waals surface area contributed by atoms with E-state index in [1.165, 1.54) is 0 Å². The van der Waals surface area contributed by atoms with Crippen LogP contribution in [0.15, 0.2) is 49.1 Å². The first kappa shape index (κ1) is 24.4. The molecule has 0 aliphatic rings. The molecule has 4 rings (SSSR count). The average molecular weight is 470 g/mol. The van der Waals surface area contributed by atoms with Crippen LogP contribution < -0.4 is 0 Å². The van der Waals surface area contributed by atoms with Crippen molar-refractivity contribution in [1.29, 1.82) is 5.26 Å². The number of carboxylic acid groups (broad SMARTS) is 1. The third-order valence-electron chi connectivity index (χ3n) is 5.11. The number of carbonyl (C=O) groups is 1. The van der Waals surface area contributed by atoms with Gasteiger partial charge in [-0.25, -0.2) is 9.78 Å². The van der Waals surface area contributed by atoms with Gasteiger partial charge in [-0.05, 0) is 24.6 Å². The molecule has 0 saturated carbocycles. The molecule has 0 aliphatic heterocycles. The van der Waals surface area contributed by atoms with Gasteiger partial charge in [0.2, 0.25) is 0 Å². The number of rotatable bonds is 5. The lowest BCUT2D eigenvalue weighted by molar-refractivity contribution is -0.192. The van der Waals surface area contributed by atoms with Crippen molar-refractivity contribution in [1.82, 2.24) is 24.7 Å². The van der Waals surface area contributed by atoms with Crippen LogP contribution in [0, 0.1) is 11.3 Å². The molecule has 2 N–H and O–H groups in total. The molecule has 0 fully saturated rings. The maximum atomic E-state index is 10.6. The largest absolute Gasteiger partial charge is 0.490 e. The van der Waals surface area contributed by atoms with E-state index < -0.39 is 12.1 Å². The molecule has 34 heavy (non-hydrogen) atoms. The first-order valence-electron chi connectivity index (χ1n) is 10.2. The van der Waals surface area contributed by atoms with Gasteiger partial charge in [0.05, 0.1) is 18.0 Å². The molecule has 0 spiro atoms. The van der Waals surface area contributed by atoms with Crippen LogP contribution in [0.4, 0.5) is 13.2 Å². The lowest BCUT2D eigenvalue weighted by Gasteiger charge is -2.11. The summed E-state index contributed by atoms with van der Waals surface area (Å²) in [6, 6.07) is 10.4. The lowest BCUT2D eigenvalue weighted by Crippen LogP contribution is -2.21. The van der Waals surface area contributed by atoms with Crippen LogP contribution >= 0.6 is 0 Å². The highest BCUT2D eigenvalue weighted by Crippen LogP contribution is 2.31. The van der Waals surface area contributed by atoms with E-state index in [1.54, 1.807) is 4.68 Å². The molecular formula is C23H21F3N6O2. The van der Waals surface area contributed by atoms with Crippen LogP contribution in [0.25, 0.3) is 33.4 Å². The van der Waals surface area contributed by atoms with Gasteiger partial charge < -0.3 is 10.1 Å². The monoisotopic (exact) mass is 470 g/mol. The number of H-pyrrole nitrogens is 1. The number of carboxylic acids is 1. The van der Waals surface area contributed by atoms with Gasteiger partial charge >= 0.3 is 12.1 Å². The Kier molecular flexibility index (Phi) is 7.31. The zero-order valence-electron chi connectivity index (χ0n) is 18.3. The molecule has 8 nitrogen and oxygen atoms in total. The van der Waals surface area contributed by atoms with Crippen LogP contribution in [-0.4, -0.2) is 42.0 Å². The second-order valence-corrected chi connectivity index (χ2v) is 7.44. The Hall–Kier alpha value is -4.20. The van der Waals surface area contributed by atoms with Crippen molar-refractivity contribution in [3.8, 4) is 28.5 Å². The number of nitriles is 1. The Bertz CT molecular complexity index is 1340. The van der Waals surface area contributed by atoms with Crippen molar-refractivity contribution in [3.63, 3.8) is 0 Å². The van der Waals surface area contributed by atoms with Crippen LogP contribution in [0.2, 0.25) is 0 Å². The molecule has 4 aromatic heterocycles. The molecule has 11 heteroatoms. The van der Waals surface area contributed by atoms with Gasteiger partial charge in [-0.15, -0.1) is 0 Å². The number of hydrogen-bond acceptors (Lipinski definition) is 5. The highest BCUT2D eigenvalue weighted by atomic mass is 19.4. The second kappa shape index (κ2) is 10.2. The minimum atomic E-state index is -5.08. The van der Waals surface area contributed by atoms with E-state index in [0.29, 0.717) is 6.42 Å². The molecule has 176 valence electrons. The molecule has 0 bridgehead atoms. The van der Waals surface area contributed by atoms with E-state index in [1.807, 2.05) is 50.0 Å². The highest BCUT2D eigenvalue weighted by molar-refractivity contribution is 5.94. The number of hydrogen-bond donors (Lipinski definition) is 2. The van der Waals surface area contributed by atoms with Crippen molar-refractivity contribution in [3.05, 3.63) is 54.7 Å². The normalized spacial score (nSPS) is 12.0. The first-order valence-corrected chi connectivity index (χ1v) is 10.2. The number of nitrogens with one attached hydrogen (secondary N) is 1. The summed E-state index contributed by atoms with van der Waals surface area (Å²) >= 11 is 0. The summed E-state index contributed by atoms with van der Waals surface area (Å²) in [7, 11) is 1.90. The summed E-state index contributed by atoms with van der Waals surface area (Å²) < 4.78 is 33.5. The molecule has 4 heterocycles. The molecule has 0 aromatic carbocycles. The Balaban J connectivity index is 0.000000406. The molecule has 0 amide bonds. The van der Waals surface area contributed by atoms with Gasteiger partial charge in [-0.1, -0.05) is 13.0 Å². The number of halogens is 3. The van der Waals surface area contributed by atoms with E-state index >= 15 is 0 Å². The summed E-state index contributed by atoms with van der Waals surface area (Å²) in [5.41, 5.74) is 5.73. The number of pyridine rings is 2. The molecule has 4 aromatic rings. The number of aryl methyl sites for hydroxylation is 1. The molecule has 0 radical (unpaired) electrons. The predicted molar refractivity (Wildman–Crippen MR) is 118 cm³/mol. The smallest absolute Gasteiger partial charge is 0.475 e. The third-order valence-corrected chi connectivity index (χ3v) is 5.11. The van der Waals surface area contributed by atoms with Crippen molar-refractivity contribution >= 4 is 17.0 Å². The van der Waals surface area contributed by atoms with Gasteiger partial charge in [0.1, 0.15) is 5.65 Å². The quantitative estimate of drug-likeness (QED) is 0.420. The fourth-order valence-electron chi connectivity index (χ4n) is 3.34. The van der Waals surface area contributed by atoms with Crippen LogP contribution in [0.3, 0.4) is 0 Å². The second-order valence-electron chi connectivity index (χ2n) is 7.44. The topological polar surface area (TPSA) is 120 Å². The number of aromatic nitrogens is 5. The Labute approximate surface area is 192 Å². The highest BCUT2D eigenvalue weighted by Gasteiger charge is 2.38. The van der Waals surface area contributed by atoms with Crippen molar-refractivity contribution in [2.45, 2.75) is 31.9 Å². The fourth-order valence-corrected chi connectivity index (χ4v) is 3.34. The van der Waals surface area contributed by atoms with Crippen LogP contribution in [0.1, 0.15) is 31.4 Å². The van der Waals surface area contributed by atoms with Gasteiger partial charge in [-0.2, -0.15) is 23.5 Å². The van der Waals surface area contributed by atoms with Gasteiger partial charge in [0.25, 0.3) is 0 Å². The molecular weight excluding hydrogens is 449 g/mol. The van der Waals surface area contributed by atoms with Gasteiger partial charge in [-0.3, -0.25) is 9.67 Å². The first-order chi connectivity index (χ1) is 16.1. The minimum absolute atomic E-state index is 0.157. The third kappa shape index (κ3) is 5.58. The zero-order chi connectivity index (χ0) is 24.9. The van der Waals surface area contributed by atoms with E-state index in [-0.39, 0.29) is 5.92 Å². The lowest BCUT2D eigenvalue weighted by atomic mass is 9.98. The number of alkyl halides is 3. The van der Waals surface area contributed by atoms with Crippen molar-refractivity contribution in [2.24, 2.45) is 7.05 Å². The number of aromatic amines is 1. The summed E-state index contributed by atoms with van der Waals surface area (Å²) in [5.74, 6) is -2.60. The van der Waals surface area contributed by atoms with Crippen LogP contribution in [0.5, 0.6) is 0 Å². The maximum Gasteiger partial charge on any atom is 0.490 e. The number of fused-ring (bicyclic) bond motifs is 1. The Morgan fingerprint density at radius 2 is 2.03 bits per heavy atom. The number of nitrogens with zero attached hydrogens (tertiary/aromatic N) is 5. The summed E-state index contributed by atoms with van der Waals surface area (Å²) in [5, 5.41) is 21.5. The standard InChI is InChI=1S/C21H20N6.C2HF3O2/c1-3-14(7-8-22)19-5-4-6-20(26-19)18-12-24-21-17(18)9-15(10-23-21)16-11-25-27(2)13-16;3-2(4,5)1(6)7/h4-6,9-14H,3,7H2,1-2H3,(H,23,24);(H,6,7). The Morgan fingerprint density at radius 1 is 1.29 bits per heavy atom. The SMILES string of the molecule is CCC(CC#N)c1cccc(-c2c[nH]c3ncc(-c4cnn(C)c4)cc23)n1.O=C(O)C(F)(F)F. The minimum Gasteiger partial charge on any atom is -0.475 e. The van der Waals surface area contributed by atoms with Gasteiger partial charge in [0.15, 0.2) is 0 Å². The predicted octanol–water partition coefficient (Wildman–Crippen LogP) is 5.07. The van der Waals surface area contributed by atoms with E-state index in [0.717, 1.165) is 45.5 Å². The summed E-state index contributed by atoms with van der Waals surface area (Å²) in [6.07, 6.45) is 3.90. The average Bonchev–Trinajstić information content (AvgIpc) is 3.43. The van der Waals surface area contributed by atoms with E-state index in [9.17, 15) is 13.2 Å². The van der Waals surface area contributed by atoms with Crippen molar-refractivity contribution < 1.29 is 23.1 Å². The van der Waals surface area contributed by atoms with Crippen LogP contribution in [-0.2, 0) is 11.8 Å². The number of aliphatic carboxylic acids is 1. The molecule has 0 saturated heterocycles. The maximum absolute atomic E-state index is 10.6. The van der Waals surface area contributed by atoms with Crippen molar-refractivity contribution in [2.75, 3.05) is 0 Å². The van der Waals surface area contributed by atoms with E-state index in [4.69, 9.17) is 20.1 Å². The fraction of sp³-hybridized carbons (Fsp3) is 0.261. The summed E-state index contributed by atoms with van der Waals surface area (Å²) in [4.78, 5) is 21.5. The molecule has 1 atom stereocenters. The molecule has 1 unspecified atom stereocenters. The summed E-state index contributed by atoms with van der Waals surface area (Å²) in [6.45, 7) is 2.09. The van der Waals surface area contributed by atoms with Gasteiger partial charge in [0, 0.05) is 65.7 Å².